The van der Waals surface area contributed by atoms with Crippen LogP contribution in [0, 0.1) is 0 Å². The second kappa shape index (κ2) is 5.51. The van der Waals surface area contributed by atoms with Gasteiger partial charge >= 0.3 is 5.97 Å². The van der Waals surface area contributed by atoms with E-state index < -0.39 is 12.0 Å². The Bertz CT molecular complexity index is 347. The van der Waals surface area contributed by atoms with Crippen LogP contribution in [-0.2, 0) is 11.3 Å². The van der Waals surface area contributed by atoms with Gasteiger partial charge in [-0.25, -0.2) is 0 Å². The number of carboxylic acid groups (broad SMARTS) is 1. The van der Waals surface area contributed by atoms with Crippen LogP contribution >= 0.6 is 0 Å². The van der Waals surface area contributed by atoms with E-state index in [1.807, 2.05) is 43.3 Å². The van der Waals surface area contributed by atoms with E-state index in [9.17, 15) is 4.79 Å². The first-order valence-electron chi connectivity index (χ1n) is 5.23. The van der Waals surface area contributed by atoms with Crippen LogP contribution in [0.4, 0.5) is 5.69 Å². The summed E-state index contributed by atoms with van der Waals surface area (Å²) in [6.07, 6.45) is 0. The van der Waals surface area contributed by atoms with Crippen molar-refractivity contribution < 1.29 is 9.90 Å². The maximum Gasteiger partial charge on any atom is 0.320 e. The highest BCUT2D eigenvalue weighted by atomic mass is 16.4. The third-order valence-electron chi connectivity index (χ3n) is 2.44. The Kier molecular flexibility index (Phi) is 4.31. The number of nitrogens with one attached hydrogen (secondary N) is 1. The van der Waals surface area contributed by atoms with Crippen LogP contribution < -0.4 is 10.2 Å². The van der Waals surface area contributed by atoms with Crippen LogP contribution in [0.1, 0.15) is 12.5 Å². The van der Waals surface area contributed by atoms with Gasteiger partial charge < -0.3 is 15.3 Å². The minimum absolute atomic E-state index is 0.520. The van der Waals surface area contributed by atoms with Crippen molar-refractivity contribution in [2.75, 3.05) is 19.0 Å². The number of rotatable bonds is 5. The number of anilines is 1. The van der Waals surface area contributed by atoms with E-state index in [1.54, 1.807) is 6.92 Å². The van der Waals surface area contributed by atoms with Gasteiger partial charge in [-0.05, 0) is 24.6 Å². The minimum Gasteiger partial charge on any atom is -0.480 e. The molecule has 1 rings (SSSR count). The van der Waals surface area contributed by atoms with Gasteiger partial charge in [0.15, 0.2) is 0 Å². The van der Waals surface area contributed by atoms with E-state index in [2.05, 4.69) is 5.32 Å². The van der Waals surface area contributed by atoms with Crippen molar-refractivity contribution in [1.29, 1.82) is 0 Å². The second-order valence-electron chi connectivity index (χ2n) is 4.00. The summed E-state index contributed by atoms with van der Waals surface area (Å²) in [6, 6.07) is 7.51. The zero-order chi connectivity index (χ0) is 12.1. The summed E-state index contributed by atoms with van der Waals surface area (Å²) in [5, 5.41) is 11.6. The van der Waals surface area contributed by atoms with Crippen molar-refractivity contribution in [3.63, 3.8) is 0 Å². The lowest BCUT2D eigenvalue weighted by atomic mass is 10.2. The van der Waals surface area contributed by atoms with Crippen LogP contribution in [0.5, 0.6) is 0 Å². The fourth-order valence-corrected chi connectivity index (χ4v) is 1.27. The SMILES string of the molecule is CC(NCc1ccc(N(C)C)cc1)C(=O)O. The van der Waals surface area contributed by atoms with E-state index in [0.717, 1.165) is 11.3 Å². The Morgan fingerprint density at radius 3 is 2.38 bits per heavy atom. The Morgan fingerprint density at radius 2 is 1.94 bits per heavy atom. The van der Waals surface area contributed by atoms with Crippen molar-refractivity contribution in [1.82, 2.24) is 5.32 Å². The summed E-state index contributed by atoms with van der Waals surface area (Å²) in [6.45, 7) is 2.21. The molecule has 0 aliphatic carbocycles. The summed E-state index contributed by atoms with van der Waals surface area (Å²) in [5.41, 5.74) is 2.22. The molecule has 0 aliphatic heterocycles. The Balaban J connectivity index is 2.52. The first-order chi connectivity index (χ1) is 7.50. The number of nitrogens with zero attached hydrogens (tertiary/aromatic N) is 1. The van der Waals surface area contributed by atoms with Crippen molar-refractivity contribution >= 4 is 11.7 Å². The predicted molar refractivity (Wildman–Crippen MR) is 64.7 cm³/mol. The fraction of sp³-hybridized carbons (Fsp3) is 0.417. The molecule has 0 bridgehead atoms. The maximum atomic E-state index is 10.6. The Hall–Kier alpha value is -1.55. The van der Waals surface area contributed by atoms with Crippen molar-refractivity contribution in [3.8, 4) is 0 Å². The molecule has 1 aromatic rings. The molecular formula is C12H18N2O2. The maximum absolute atomic E-state index is 10.6. The van der Waals surface area contributed by atoms with Crippen LogP contribution in [0.3, 0.4) is 0 Å². The van der Waals surface area contributed by atoms with Crippen molar-refractivity contribution in [2.24, 2.45) is 0 Å². The zero-order valence-electron chi connectivity index (χ0n) is 9.90. The monoisotopic (exact) mass is 222 g/mol. The molecule has 0 spiro atoms. The van der Waals surface area contributed by atoms with Crippen LogP contribution in [0.25, 0.3) is 0 Å². The number of carbonyl (C=O) groups is 1. The molecule has 2 N–H and O–H groups in total. The molecule has 0 amide bonds. The molecule has 0 fully saturated rings. The second-order valence-corrected chi connectivity index (χ2v) is 4.00. The first-order valence-corrected chi connectivity index (χ1v) is 5.23. The van der Waals surface area contributed by atoms with Gasteiger partial charge in [-0.2, -0.15) is 0 Å². The predicted octanol–water partition coefficient (Wildman–Crippen LogP) is 1.32. The van der Waals surface area contributed by atoms with Gasteiger partial charge in [-0.15, -0.1) is 0 Å². The molecule has 0 aromatic heterocycles. The van der Waals surface area contributed by atoms with E-state index in [-0.39, 0.29) is 0 Å². The average molecular weight is 222 g/mol. The summed E-state index contributed by atoms with van der Waals surface area (Å²) in [5.74, 6) is -0.829. The standard InChI is InChI=1S/C12H18N2O2/c1-9(12(15)16)13-8-10-4-6-11(7-5-10)14(2)3/h4-7,9,13H,8H2,1-3H3,(H,15,16). The van der Waals surface area contributed by atoms with Crippen LogP contribution in [0.2, 0.25) is 0 Å². The van der Waals surface area contributed by atoms with E-state index in [4.69, 9.17) is 5.11 Å². The van der Waals surface area contributed by atoms with Gasteiger partial charge in [-0.1, -0.05) is 12.1 Å². The van der Waals surface area contributed by atoms with Gasteiger partial charge in [0.25, 0.3) is 0 Å². The normalized spacial score (nSPS) is 12.2. The van der Waals surface area contributed by atoms with Gasteiger partial charge in [-0.3, -0.25) is 4.79 Å². The number of hydrogen-bond acceptors (Lipinski definition) is 3. The third-order valence-corrected chi connectivity index (χ3v) is 2.44. The molecular weight excluding hydrogens is 204 g/mol. The highest BCUT2D eigenvalue weighted by Gasteiger charge is 2.08. The summed E-state index contributed by atoms with van der Waals surface area (Å²) in [4.78, 5) is 12.6. The van der Waals surface area contributed by atoms with E-state index >= 15 is 0 Å². The van der Waals surface area contributed by atoms with Gasteiger partial charge in [0.05, 0.1) is 0 Å². The molecule has 88 valence electrons. The van der Waals surface area contributed by atoms with Gasteiger partial charge in [0.1, 0.15) is 6.04 Å². The van der Waals surface area contributed by atoms with Gasteiger partial charge in [0.2, 0.25) is 0 Å². The molecule has 0 aliphatic rings. The molecule has 1 atom stereocenters. The number of benzene rings is 1. The third kappa shape index (κ3) is 3.55. The average Bonchev–Trinajstić information content (AvgIpc) is 2.26. The molecule has 16 heavy (non-hydrogen) atoms. The number of aliphatic carboxylic acids is 1. The van der Waals surface area contributed by atoms with Crippen molar-refractivity contribution in [2.45, 2.75) is 19.5 Å². The lowest BCUT2D eigenvalue weighted by Crippen LogP contribution is -2.33. The lowest BCUT2D eigenvalue weighted by Gasteiger charge is -2.13. The molecule has 0 heterocycles. The largest absolute Gasteiger partial charge is 0.480 e. The topological polar surface area (TPSA) is 52.6 Å². The summed E-state index contributed by atoms with van der Waals surface area (Å²) in [7, 11) is 3.97. The molecule has 4 nitrogen and oxygen atoms in total. The van der Waals surface area contributed by atoms with E-state index in [1.165, 1.54) is 0 Å². The number of carboxylic acids is 1. The van der Waals surface area contributed by atoms with Crippen LogP contribution in [-0.4, -0.2) is 31.2 Å². The first kappa shape index (κ1) is 12.5. The fourth-order valence-electron chi connectivity index (χ4n) is 1.27. The quantitative estimate of drug-likeness (QED) is 0.789. The molecule has 0 radical (unpaired) electrons. The summed E-state index contributed by atoms with van der Waals surface area (Å²) < 4.78 is 0. The lowest BCUT2D eigenvalue weighted by molar-refractivity contribution is -0.139. The van der Waals surface area contributed by atoms with Crippen LogP contribution in [0.15, 0.2) is 24.3 Å². The van der Waals surface area contributed by atoms with Gasteiger partial charge in [0, 0.05) is 26.3 Å². The Labute approximate surface area is 95.9 Å². The highest BCUT2D eigenvalue weighted by molar-refractivity contribution is 5.72. The smallest absolute Gasteiger partial charge is 0.320 e. The number of hydrogen-bond donors (Lipinski definition) is 2. The molecule has 0 saturated heterocycles. The molecule has 1 aromatic carbocycles. The van der Waals surface area contributed by atoms with Crippen molar-refractivity contribution in [3.05, 3.63) is 29.8 Å². The van der Waals surface area contributed by atoms with E-state index in [0.29, 0.717) is 6.54 Å². The highest BCUT2D eigenvalue weighted by Crippen LogP contribution is 2.11. The molecule has 1 unspecified atom stereocenters. The molecule has 0 saturated carbocycles. The molecule has 4 heteroatoms. The Morgan fingerprint density at radius 1 is 1.38 bits per heavy atom. The zero-order valence-corrected chi connectivity index (χ0v) is 9.90. The summed E-state index contributed by atoms with van der Waals surface area (Å²) >= 11 is 0. The minimum atomic E-state index is -0.829.